The summed E-state index contributed by atoms with van der Waals surface area (Å²) in [5, 5.41) is 2.93. The van der Waals surface area contributed by atoms with Gasteiger partial charge in [-0.15, -0.1) is 0 Å². The van der Waals surface area contributed by atoms with E-state index in [0.717, 1.165) is 45.8 Å². The van der Waals surface area contributed by atoms with Gasteiger partial charge < -0.3 is 19.5 Å². The van der Waals surface area contributed by atoms with Gasteiger partial charge in [-0.2, -0.15) is 0 Å². The highest BCUT2D eigenvalue weighted by Crippen LogP contribution is 2.01. The summed E-state index contributed by atoms with van der Waals surface area (Å²) in [6.45, 7) is 6.09. The van der Waals surface area contributed by atoms with Gasteiger partial charge in [0.05, 0.1) is 6.61 Å². The van der Waals surface area contributed by atoms with E-state index in [0.29, 0.717) is 13.1 Å². The summed E-state index contributed by atoms with van der Waals surface area (Å²) in [7, 11) is 1.70. The molecule has 0 aliphatic carbocycles. The van der Waals surface area contributed by atoms with Gasteiger partial charge >= 0.3 is 6.03 Å². The molecule has 1 aromatic heterocycles. The van der Waals surface area contributed by atoms with Gasteiger partial charge in [-0.25, -0.2) is 4.79 Å². The van der Waals surface area contributed by atoms with Crippen LogP contribution in [0.2, 0.25) is 0 Å². The molecule has 2 rings (SSSR count). The number of ether oxygens (including phenoxy) is 1. The van der Waals surface area contributed by atoms with Gasteiger partial charge in [-0.1, -0.05) is 6.07 Å². The van der Waals surface area contributed by atoms with Crippen molar-refractivity contribution in [2.24, 2.45) is 0 Å². The monoisotopic (exact) mass is 322 g/mol. The second-order valence-corrected chi connectivity index (χ2v) is 5.64. The lowest BCUT2D eigenvalue weighted by molar-refractivity contribution is 0.106. The normalized spacial score (nSPS) is 15.6. The van der Waals surface area contributed by atoms with Crippen LogP contribution in [0.4, 0.5) is 4.79 Å². The Kier molecular flexibility index (Phi) is 7.09. The third kappa shape index (κ3) is 5.69. The maximum atomic E-state index is 12.1. The zero-order chi connectivity index (χ0) is 16.5. The Morgan fingerprint density at radius 1 is 1.22 bits per heavy atom. The van der Waals surface area contributed by atoms with E-state index in [-0.39, 0.29) is 11.6 Å². The van der Waals surface area contributed by atoms with Gasteiger partial charge in [0.25, 0.3) is 0 Å². The molecule has 0 aromatic carbocycles. The van der Waals surface area contributed by atoms with Crippen LogP contribution in [-0.2, 0) is 11.3 Å². The number of nitrogens with zero attached hydrogens (tertiary/aromatic N) is 3. The molecule has 128 valence electrons. The highest BCUT2D eigenvalue weighted by atomic mass is 16.5. The molecule has 1 saturated heterocycles. The molecule has 1 aliphatic heterocycles. The quantitative estimate of drug-likeness (QED) is 0.729. The van der Waals surface area contributed by atoms with Crippen LogP contribution in [-0.4, -0.2) is 73.4 Å². The fraction of sp³-hybridized carbons (Fsp3) is 0.625. The Balaban J connectivity index is 1.62. The van der Waals surface area contributed by atoms with E-state index >= 15 is 0 Å². The van der Waals surface area contributed by atoms with Gasteiger partial charge in [0.1, 0.15) is 0 Å². The van der Waals surface area contributed by atoms with Crippen LogP contribution in [0.1, 0.15) is 6.42 Å². The SMILES string of the molecule is COCCN1CCN(C(=O)NCCCn2ccccc2=O)CC1. The summed E-state index contributed by atoms with van der Waals surface area (Å²) in [6.07, 6.45) is 2.51. The number of aromatic nitrogens is 1. The fourth-order valence-corrected chi connectivity index (χ4v) is 2.60. The van der Waals surface area contributed by atoms with Gasteiger partial charge in [0, 0.05) is 65.2 Å². The molecule has 0 atom stereocenters. The van der Waals surface area contributed by atoms with Crippen LogP contribution in [0.15, 0.2) is 29.2 Å². The van der Waals surface area contributed by atoms with Crippen LogP contribution in [0.25, 0.3) is 0 Å². The van der Waals surface area contributed by atoms with Crippen LogP contribution in [0.3, 0.4) is 0 Å². The second kappa shape index (κ2) is 9.32. The number of pyridine rings is 1. The van der Waals surface area contributed by atoms with Gasteiger partial charge in [0.2, 0.25) is 5.56 Å². The molecular formula is C16H26N4O3. The molecule has 1 aliphatic rings. The molecule has 1 fully saturated rings. The molecule has 0 bridgehead atoms. The number of methoxy groups -OCH3 is 1. The highest BCUT2D eigenvalue weighted by Gasteiger charge is 2.20. The van der Waals surface area contributed by atoms with Crippen molar-refractivity contribution >= 4 is 6.03 Å². The molecule has 1 aromatic rings. The summed E-state index contributed by atoms with van der Waals surface area (Å²) >= 11 is 0. The molecular weight excluding hydrogens is 296 g/mol. The van der Waals surface area contributed by atoms with Crippen LogP contribution in [0, 0.1) is 0 Å². The Hall–Kier alpha value is -1.86. The maximum absolute atomic E-state index is 12.1. The Bertz CT molecular complexity index is 538. The predicted octanol–water partition coefficient (Wildman–Crippen LogP) is 0.212. The third-order valence-electron chi connectivity index (χ3n) is 4.02. The summed E-state index contributed by atoms with van der Waals surface area (Å²) < 4.78 is 6.72. The molecule has 7 nitrogen and oxygen atoms in total. The van der Waals surface area contributed by atoms with Crippen molar-refractivity contribution in [2.45, 2.75) is 13.0 Å². The highest BCUT2D eigenvalue weighted by molar-refractivity contribution is 5.74. The Morgan fingerprint density at radius 3 is 2.70 bits per heavy atom. The van der Waals surface area contributed by atoms with E-state index in [1.807, 2.05) is 11.0 Å². The number of hydrogen-bond acceptors (Lipinski definition) is 4. The topological polar surface area (TPSA) is 66.8 Å². The largest absolute Gasteiger partial charge is 0.383 e. The van der Waals surface area contributed by atoms with E-state index in [9.17, 15) is 9.59 Å². The lowest BCUT2D eigenvalue weighted by Gasteiger charge is -2.34. The van der Waals surface area contributed by atoms with Gasteiger partial charge in [0.15, 0.2) is 0 Å². The number of piperazine rings is 1. The molecule has 7 heteroatoms. The minimum atomic E-state index is -0.0169. The first kappa shape index (κ1) is 17.5. The average Bonchev–Trinajstić information content (AvgIpc) is 2.58. The molecule has 0 radical (unpaired) electrons. The molecule has 0 saturated carbocycles. The van der Waals surface area contributed by atoms with Crippen molar-refractivity contribution in [3.8, 4) is 0 Å². The van der Waals surface area contributed by atoms with Crippen LogP contribution in [0.5, 0.6) is 0 Å². The van der Waals surface area contributed by atoms with Crippen molar-refractivity contribution < 1.29 is 9.53 Å². The molecule has 2 amide bonds. The smallest absolute Gasteiger partial charge is 0.317 e. The van der Waals surface area contributed by atoms with E-state index < -0.39 is 0 Å². The number of nitrogens with one attached hydrogen (secondary N) is 1. The summed E-state index contributed by atoms with van der Waals surface area (Å²) in [5.74, 6) is 0. The third-order valence-corrected chi connectivity index (χ3v) is 4.02. The lowest BCUT2D eigenvalue weighted by atomic mass is 10.3. The Labute approximate surface area is 136 Å². The second-order valence-electron chi connectivity index (χ2n) is 5.64. The molecule has 23 heavy (non-hydrogen) atoms. The zero-order valence-electron chi connectivity index (χ0n) is 13.7. The number of hydrogen-bond donors (Lipinski definition) is 1. The predicted molar refractivity (Wildman–Crippen MR) is 88.6 cm³/mol. The lowest BCUT2D eigenvalue weighted by Crippen LogP contribution is -2.52. The maximum Gasteiger partial charge on any atom is 0.317 e. The first-order valence-electron chi connectivity index (χ1n) is 8.10. The molecule has 0 spiro atoms. The van der Waals surface area contributed by atoms with Crippen molar-refractivity contribution in [1.29, 1.82) is 0 Å². The summed E-state index contributed by atoms with van der Waals surface area (Å²) in [5.41, 5.74) is -0.00833. The number of amides is 2. The first-order valence-corrected chi connectivity index (χ1v) is 8.10. The Morgan fingerprint density at radius 2 is 2.00 bits per heavy atom. The van der Waals surface area contributed by atoms with Crippen molar-refractivity contribution in [3.63, 3.8) is 0 Å². The van der Waals surface area contributed by atoms with Crippen molar-refractivity contribution in [2.75, 3.05) is 53.0 Å². The number of carbonyl (C=O) groups excluding carboxylic acids is 1. The summed E-state index contributed by atoms with van der Waals surface area (Å²) in [6, 6.07) is 5.09. The average molecular weight is 322 g/mol. The minimum Gasteiger partial charge on any atom is -0.383 e. The van der Waals surface area contributed by atoms with Gasteiger partial charge in [-0.3, -0.25) is 9.69 Å². The number of urea groups is 1. The number of carbonyl (C=O) groups is 1. The molecule has 2 heterocycles. The minimum absolute atomic E-state index is 0.00833. The fourth-order valence-electron chi connectivity index (χ4n) is 2.60. The standard InChI is InChI=1S/C16H26N4O3/c1-23-14-13-18-9-11-20(12-10-18)16(22)17-6-4-8-19-7-3-2-5-15(19)21/h2-3,5,7H,4,6,8-14H2,1H3,(H,17,22). The molecule has 0 unspecified atom stereocenters. The van der Waals surface area contributed by atoms with E-state index in [4.69, 9.17) is 4.74 Å². The van der Waals surface area contributed by atoms with Crippen LogP contribution >= 0.6 is 0 Å². The summed E-state index contributed by atoms with van der Waals surface area (Å²) in [4.78, 5) is 27.8. The molecule has 1 N–H and O–H groups in total. The van der Waals surface area contributed by atoms with E-state index in [1.165, 1.54) is 0 Å². The van der Waals surface area contributed by atoms with E-state index in [1.54, 1.807) is 30.0 Å². The zero-order valence-corrected chi connectivity index (χ0v) is 13.7. The van der Waals surface area contributed by atoms with Crippen molar-refractivity contribution in [3.05, 3.63) is 34.7 Å². The number of aryl methyl sites for hydroxylation is 1. The van der Waals surface area contributed by atoms with Gasteiger partial charge in [-0.05, 0) is 12.5 Å². The number of rotatable bonds is 7. The first-order chi connectivity index (χ1) is 11.2. The van der Waals surface area contributed by atoms with Crippen LogP contribution < -0.4 is 10.9 Å². The van der Waals surface area contributed by atoms with Crippen molar-refractivity contribution in [1.82, 2.24) is 19.7 Å². The van der Waals surface area contributed by atoms with E-state index in [2.05, 4.69) is 10.2 Å².